The Labute approximate surface area is 214 Å². The van der Waals surface area contributed by atoms with E-state index in [-0.39, 0.29) is 11.8 Å². The number of hydrogen-bond acceptors (Lipinski definition) is 5. The fraction of sp³-hybridized carbons (Fsp3) is 0.269. The Morgan fingerprint density at radius 1 is 0.971 bits per heavy atom. The van der Waals surface area contributed by atoms with E-state index in [0.29, 0.717) is 44.6 Å². The summed E-state index contributed by atoms with van der Waals surface area (Å²) in [6, 6.07) is 16.0. The monoisotopic (exact) mass is 511 g/mol. The average molecular weight is 512 g/mol. The van der Waals surface area contributed by atoms with Crippen molar-refractivity contribution < 1.29 is 9.59 Å². The number of piperazine rings is 1. The van der Waals surface area contributed by atoms with Crippen LogP contribution in [0.3, 0.4) is 0 Å². The summed E-state index contributed by atoms with van der Waals surface area (Å²) in [5, 5.41) is 9.92. The minimum atomic E-state index is -0.356. The van der Waals surface area contributed by atoms with E-state index in [1.165, 1.54) is 0 Å². The van der Waals surface area contributed by atoms with Crippen LogP contribution in [0.4, 0.5) is 11.4 Å². The van der Waals surface area contributed by atoms with Crippen molar-refractivity contribution >= 4 is 46.4 Å². The number of amides is 2. The maximum Gasteiger partial charge on any atom is 0.257 e. The van der Waals surface area contributed by atoms with Crippen molar-refractivity contribution in [3.63, 3.8) is 0 Å². The molecule has 0 saturated carbocycles. The minimum absolute atomic E-state index is 0.303. The van der Waals surface area contributed by atoms with Crippen LogP contribution in [0.5, 0.6) is 0 Å². The van der Waals surface area contributed by atoms with Crippen molar-refractivity contribution in [3.05, 3.63) is 87.7 Å². The number of nitrogens with one attached hydrogen (secondary N) is 3. The Bertz CT molecular complexity index is 1210. The molecule has 2 atom stereocenters. The third kappa shape index (κ3) is 6.80. The predicted octanol–water partition coefficient (Wildman–Crippen LogP) is 5.08. The van der Waals surface area contributed by atoms with Gasteiger partial charge in [0.15, 0.2) is 0 Å². The summed E-state index contributed by atoms with van der Waals surface area (Å²) in [4.78, 5) is 32.2. The molecule has 2 aromatic carbocycles. The molecule has 35 heavy (non-hydrogen) atoms. The summed E-state index contributed by atoms with van der Waals surface area (Å²) < 4.78 is 0. The Kier molecular flexibility index (Phi) is 8.03. The molecule has 0 aliphatic carbocycles. The molecule has 0 radical (unpaired) electrons. The fourth-order valence-corrected chi connectivity index (χ4v) is 4.53. The standard InChI is InChI=1S/C26H27Cl2N5O2/c1-16-13-33(14-17(2)30-16)15-22-7-6-19(12-29-22)26(35)31-21-8-9-23(28)24(11-21)32-25(34)18-4-3-5-20(27)10-18/h3-12,16-17,30H,13-15H2,1-2H3,(H,31,35)(H,32,34)/t16-,17+. The maximum absolute atomic E-state index is 12.8. The van der Waals surface area contributed by atoms with E-state index in [2.05, 4.69) is 39.7 Å². The molecular formula is C26H27Cl2N5O2. The fourth-order valence-electron chi connectivity index (χ4n) is 4.18. The summed E-state index contributed by atoms with van der Waals surface area (Å²) in [5.74, 6) is -0.658. The van der Waals surface area contributed by atoms with E-state index in [1.54, 1.807) is 54.7 Å². The zero-order valence-electron chi connectivity index (χ0n) is 19.5. The van der Waals surface area contributed by atoms with Gasteiger partial charge in [-0.1, -0.05) is 29.3 Å². The molecule has 0 bridgehead atoms. The molecule has 2 heterocycles. The topological polar surface area (TPSA) is 86.4 Å². The highest BCUT2D eigenvalue weighted by Gasteiger charge is 2.21. The molecule has 1 aromatic heterocycles. The highest BCUT2D eigenvalue weighted by Crippen LogP contribution is 2.27. The summed E-state index contributed by atoms with van der Waals surface area (Å²) in [6.45, 7) is 7.01. The van der Waals surface area contributed by atoms with Crippen LogP contribution in [0.15, 0.2) is 60.8 Å². The van der Waals surface area contributed by atoms with Crippen molar-refractivity contribution in [1.82, 2.24) is 15.2 Å². The van der Waals surface area contributed by atoms with Crippen LogP contribution in [0.2, 0.25) is 10.0 Å². The second-order valence-electron chi connectivity index (χ2n) is 8.81. The quantitative estimate of drug-likeness (QED) is 0.429. The lowest BCUT2D eigenvalue weighted by Gasteiger charge is -2.35. The van der Waals surface area contributed by atoms with Crippen molar-refractivity contribution in [1.29, 1.82) is 0 Å². The molecule has 1 fully saturated rings. The first-order valence-corrected chi connectivity index (χ1v) is 12.1. The van der Waals surface area contributed by atoms with Crippen LogP contribution in [-0.4, -0.2) is 46.9 Å². The number of hydrogen-bond donors (Lipinski definition) is 3. The summed E-state index contributed by atoms with van der Waals surface area (Å²) in [5.41, 5.74) is 2.63. The van der Waals surface area contributed by atoms with Crippen LogP contribution < -0.4 is 16.0 Å². The minimum Gasteiger partial charge on any atom is -0.322 e. The molecular weight excluding hydrogens is 485 g/mol. The summed E-state index contributed by atoms with van der Waals surface area (Å²) in [6.07, 6.45) is 1.58. The lowest BCUT2D eigenvalue weighted by Crippen LogP contribution is -2.53. The SMILES string of the molecule is C[C@@H]1CN(Cc2ccc(C(=O)Nc3ccc(Cl)c(NC(=O)c4cccc(Cl)c4)c3)cn2)C[C@H](C)N1. The first-order chi connectivity index (χ1) is 16.8. The van der Waals surface area contributed by atoms with Gasteiger partial charge in [0.25, 0.3) is 11.8 Å². The molecule has 3 aromatic rings. The lowest BCUT2D eigenvalue weighted by molar-refractivity contribution is 0.101. The second-order valence-corrected chi connectivity index (χ2v) is 9.66. The third-order valence-corrected chi connectivity index (χ3v) is 6.23. The molecule has 1 aliphatic rings. The van der Waals surface area contributed by atoms with Gasteiger partial charge < -0.3 is 16.0 Å². The van der Waals surface area contributed by atoms with E-state index >= 15 is 0 Å². The Morgan fingerprint density at radius 3 is 2.40 bits per heavy atom. The Balaban J connectivity index is 1.39. The van der Waals surface area contributed by atoms with Crippen LogP contribution in [0.1, 0.15) is 40.3 Å². The molecule has 0 spiro atoms. The lowest BCUT2D eigenvalue weighted by atomic mass is 10.1. The van der Waals surface area contributed by atoms with E-state index < -0.39 is 0 Å². The summed E-state index contributed by atoms with van der Waals surface area (Å²) in [7, 11) is 0. The van der Waals surface area contributed by atoms with E-state index in [0.717, 1.165) is 25.3 Å². The van der Waals surface area contributed by atoms with Crippen molar-refractivity contribution in [2.45, 2.75) is 32.5 Å². The van der Waals surface area contributed by atoms with Crippen molar-refractivity contribution in [2.75, 3.05) is 23.7 Å². The second kappa shape index (κ2) is 11.2. The normalized spacial score (nSPS) is 18.2. The zero-order valence-corrected chi connectivity index (χ0v) is 21.0. The van der Waals surface area contributed by atoms with Gasteiger partial charge in [-0.3, -0.25) is 19.5 Å². The summed E-state index contributed by atoms with van der Waals surface area (Å²) >= 11 is 12.2. The predicted molar refractivity (Wildman–Crippen MR) is 140 cm³/mol. The van der Waals surface area contributed by atoms with Gasteiger partial charge in [-0.15, -0.1) is 0 Å². The van der Waals surface area contributed by atoms with Gasteiger partial charge in [0, 0.05) is 54.2 Å². The third-order valence-electron chi connectivity index (χ3n) is 5.66. The molecule has 3 N–H and O–H groups in total. The van der Waals surface area contributed by atoms with Gasteiger partial charge in [0.1, 0.15) is 0 Å². The number of rotatable bonds is 6. The number of benzene rings is 2. The molecule has 1 aliphatic heterocycles. The van der Waals surface area contributed by atoms with Crippen LogP contribution in [-0.2, 0) is 6.54 Å². The average Bonchev–Trinajstić information content (AvgIpc) is 2.81. The van der Waals surface area contributed by atoms with Gasteiger partial charge in [0.2, 0.25) is 0 Å². The molecule has 1 saturated heterocycles. The van der Waals surface area contributed by atoms with E-state index in [9.17, 15) is 9.59 Å². The highest BCUT2D eigenvalue weighted by molar-refractivity contribution is 6.34. The van der Waals surface area contributed by atoms with Crippen molar-refractivity contribution in [3.8, 4) is 0 Å². The molecule has 2 amide bonds. The van der Waals surface area contributed by atoms with E-state index in [4.69, 9.17) is 23.2 Å². The number of pyridine rings is 1. The first-order valence-electron chi connectivity index (χ1n) is 11.4. The van der Waals surface area contributed by atoms with Crippen molar-refractivity contribution in [2.24, 2.45) is 0 Å². The Morgan fingerprint density at radius 2 is 1.71 bits per heavy atom. The van der Waals surface area contributed by atoms with Crippen LogP contribution in [0, 0.1) is 0 Å². The van der Waals surface area contributed by atoms with Gasteiger partial charge in [-0.05, 0) is 62.4 Å². The number of carbonyl (C=O) groups is 2. The maximum atomic E-state index is 12.8. The van der Waals surface area contributed by atoms with Crippen LogP contribution in [0.25, 0.3) is 0 Å². The number of carbonyl (C=O) groups excluding carboxylic acids is 2. The highest BCUT2D eigenvalue weighted by atomic mass is 35.5. The zero-order chi connectivity index (χ0) is 24.9. The molecule has 0 unspecified atom stereocenters. The largest absolute Gasteiger partial charge is 0.322 e. The first kappa shape index (κ1) is 25.1. The van der Waals surface area contributed by atoms with Crippen LogP contribution >= 0.6 is 23.2 Å². The molecule has 7 nitrogen and oxygen atoms in total. The van der Waals surface area contributed by atoms with E-state index in [1.807, 2.05) is 6.07 Å². The van der Waals surface area contributed by atoms with Gasteiger partial charge >= 0.3 is 0 Å². The van der Waals surface area contributed by atoms with Gasteiger partial charge in [-0.25, -0.2) is 0 Å². The molecule has 182 valence electrons. The van der Waals surface area contributed by atoms with Gasteiger partial charge in [-0.2, -0.15) is 0 Å². The molecule has 4 rings (SSSR count). The van der Waals surface area contributed by atoms with Gasteiger partial charge in [0.05, 0.1) is 22.0 Å². The molecule has 9 heteroatoms. The number of anilines is 2. The Hall–Kier alpha value is -2.97. The smallest absolute Gasteiger partial charge is 0.257 e. The number of nitrogens with zero attached hydrogens (tertiary/aromatic N) is 2. The number of aromatic nitrogens is 1. The number of halogens is 2.